The van der Waals surface area contributed by atoms with Gasteiger partial charge in [0.1, 0.15) is 0 Å². The predicted molar refractivity (Wildman–Crippen MR) is 54.9 cm³/mol. The molecule has 0 aromatic rings. The molecule has 0 heterocycles. The van der Waals surface area contributed by atoms with Gasteiger partial charge in [-0.15, -0.1) is 0 Å². The first-order valence-electron chi connectivity index (χ1n) is 4.46. The van der Waals surface area contributed by atoms with Gasteiger partial charge < -0.3 is 10.6 Å². The van der Waals surface area contributed by atoms with Crippen LogP contribution in [0.1, 0.15) is 20.3 Å². The molecule has 0 fully saturated rings. The SMILES string of the molecule is C/C=C\C(=C/C)N(C)CCCN. The van der Waals surface area contributed by atoms with Crippen molar-refractivity contribution in [2.75, 3.05) is 20.1 Å². The van der Waals surface area contributed by atoms with E-state index in [1.807, 2.05) is 19.9 Å². The molecule has 0 amide bonds. The second-order valence-electron chi connectivity index (χ2n) is 2.78. The van der Waals surface area contributed by atoms with Crippen LogP contribution in [0.5, 0.6) is 0 Å². The normalized spacial score (nSPS) is 12.5. The summed E-state index contributed by atoms with van der Waals surface area (Å²) >= 11 is 0. The molecule has 0 aromatic heterocycles. The molecule has 0 spiro atoms. The van der Waals surface area contributed by atoms with E-state index in [0.29, 0.717) is 0 Å². The van der Waals surface area contributed by atoms with Crippen LogP contribution < -0.4 is 5.73 Å². The summed E-state index contributed by atoms with van der Waals surface area (Å²) in [6.45, 7) is 5.87. The van der Waals surface area contributed by atoms with Crippen LogP contribution in [-0.2, 0) is 0 Å². The first kappa shape index (κ1) is 11.2. The quantitative estimate of drug-likeness (QED) is 0.634. The molecular formula is C10H20N2. The summed E-state index contributed by atoms with van der Waals surface area (Å²) < 4.78 is 0. The minimum absolute atomic E-state index is 0.761. The Labute approximate surface area is 75.7 Å². The van der Waals surface area contributed by atoms with Crippen molar-refractivity contribution in [1.82, 2.24) is 4.90 Å². The molecule has 0 bridgehead atoms. The smallest absolute Gasteiger partial charge is 0.0316 e. The molecule has 0 rings (SSSR count). The molecule has 0 radical (unpaired) electrons. The van der Waals surface area contributed by atoms with Gasteiger partial charge in [0.05, 0.1) is 0 Å². The predicted octanol–water partition coefficient (Wildman–Crippen LogP) is 1.75. The largest absolute Gasteiger partial charge is 0.375 e. The number of nitrogens with zero attached hydrogens (tertiary/aromatic N) is 1. The number of hydrogen-bond acceptors (Lipinski definition) is 2. The van der Waals surface area contributed by atoms with Gasteiger partial charge >= 0.3 is 0 Å². The Morgan fingerprint density at radius 1 is 1.42 bits per heavy atom. The molecule has 0 aliphatic carbocycles. The van der Waals surface area contributed by atoms with E-state index in [0.717, 1.165) is 19.5 Å². The van der Waals surface area contributed by atoms with E-state index in [1.165, 1.54) is 5.70 Å². The minimum Gasteiger partial charge on any atom is -0.375 e. The van der Waals surface area contributed by atoms with Gasteiger partial charge in [0.25, 0.3) is 0 Å². The van der Waals surface area contributed by atoms with E-state index < -0.39 is 0 Å². The lowest BCUT2D eigenvalue weighted by Crippen LogP contribution is -2.20. The maximum Gasteiger partial charge on any atom is 0.0316 e. The van der Waals surface area contributed by atoms with Crippen LogP contribution in [0.3, 0.4) is 0 Å². The van der Waals surface area contributed by atoms with Gasteiger partial charge in [0.2, 0.25) is 0 Å². The Morgan fingerprint density at radius 2 is 2.08 bits per heavy atom. The molecule has 2 nitrogen and oxygen atoms in total. The minimum atomic E-state index is 0.761. The number of nitrogens with two attached hydrogens (primary N) is 1. The maximum absolute atomic E-state index is 5.43. The van der Waals surface area contributed by atoms with Gasteiger partial charge in [-0.25, -0.2) is 0 Å². The third-order valence-corrected chi connectivity index (χ3v) is 1.77. The van der Waals surface area contributed by atoms with Gasteiger partial charge in [-0.1, -0.05) is 12.2 Å². The molecule has 2 N–H and O–H groups in total. The van der Waals surface area contributed by atoms with Crippen LogP contribution in [0, 0.1) is 0 Å². The van der Waals surface area contributed by atoms with Gasteiger partial charge in [-0.05, 0) is 32.9 Å². The number of rotatable bonds is 5. The van der Waals surface area contributed by atoms with Crippen molar-refractivity contribution >= 4 is 0 Å². The van der Waals surface area contributed by atoms with Crippen LogP contribution >= 0.6 is 0 Å². The molecule has 70 valence electrons. The highest BCUT2D eigenvalue weighted by Gasteiger charge is 1.97. The molecule has 0 unspecified atom stereocenters. The molecular weight excluding hydrogens is 148 g/mol. The number of allylic oxidation sites excluding steroid dienone is 3. The lowest BCUT2D eigenvalue weighted by molar-refractivity contribution is 0.422. The van der Waals surface area contributed by atoms with E-state index in [-0.39, 0.29) is 0 Å². The third-order valence-electron chi connectivity index (χ3n) is 1.77. The Kier molecular flexibility index (Phi) is 6.48. The van der Waals surface area contributed by atoms with Crippen molar-refractivity contribution in [3.8, 4) is 0 Å². The highest BCUT2D eigenvalue weighted by atomic mass is 15.1. The monoisotopic (exact) mass is 168 g/mol. The number of hydrogen-bond donors (Lipinski definition) is 1. The van der Waals surface area contributed by atoms with Crippen LogP contribution in [-0.4, -0.2) is 25.0 Å². The Bertz CT molecular complexity index is 159. The maximum atomic E-state index is 5.43. The zero-order valence-electron chi connectivity index (χ0n) is 8.38. The summed E-state index contributed by atoms with van der Waals surface area (Å²) in [7, 11) is 2.09. The Balaban J connectivity index is 3.95. The van der Waals surface area contributed by atoms with Crippen molar-refractivity contribution in [3.63, 3.8) is 0 Å². The lowest BCUT2D eigenvalue weighted by Gasteiger charge is -2.19. The van der Waals surface area contributed by atoms with Gasteiger partial charge in [-0.3, -0.25) is 0 Å². The summed E-state index contributed by atoms with van der Waals surface area (Å²) in [5, 5.41) is 0. The highest BCUT2D eigenvalue weighted by molar-refractivity contribution is 5.15. The zero-order valence-corrected chi connectivity index (χ0v) is 8.38. The van der Waals surface area contributed by atoms with E-state index >= 15 is 0 Å². The third kappa shape index (κ3) is 4.19. The highest BCUT2D eigenvalue weighted by Crippen LogP contribution is 2.03. The first-order valence-corrected chi connectivity index (χ1v) is 4.46. The topological polar surface area (TPSA) is 29.3 Å². The summed E-state index contributed by atoms with van der Waals surface area (Å²) in [6, 6.07) is 0. The zero-order chi connectivity index (χ0) is 9.40. The Hall–Kier alpha value is -0.760. The summed E-state index contributed by atoms with van der Waals surface area (Å²) in [5.41, 5.74) is 6.68. The van der Waals surface area contributed by atoms with Crippen LogP contribution in [0.2, 0.25) is 0 Å². The van der Waals surface area contributed by atoms with E-state index in [2.05, 4.69) is 24.1 Å². The molecule has 2 heteroatoms. The molecule has 0 saturated heterocycles. The molecule has 12 heavy (non-hydrogen) atoms. The average molecular weight is 168 g/mol. The summed E-state index contributed by atoms with van der Waals surface area (Å²) in [6.07, 6.45) is 7.31. The van der Waals surface area contributed by atoms with Crippen molar-refractivity contribution in [3.05, 3.63) is 23.9 Å². The van der Waals surface area contributed by atoms with Gasteiger partial charge in [0, 0.05) is 19.3 Å². The first-order chi connectivity index (χ1) is 5.76. The van der Waals surface area contributed by atoms with Gasteiger partial charge in [-0.2, -0.15) is 0 Å². The fraction of sp³-hybridized carbons (Fsp3) is 0.600. The van der Waals surface area contributed by atoms with Crippen LogP contribution in [0.4, 0.5) is 0 Å². The molecule has 0 aliphatic rings. The second-order valence-corrected chi connectivity index (χ2v) is 2.78. The van der Waals surface area contributed by atoms with E-state index in [1.54, 1.807) is 0 Å². The van der Waals surface area contributed by atoms with Crippen molar-refractivity contribution in [1.29, 1.82) is 0 Å². The van der Waals surface area contributed by atoms with Crippen molar-refractivity contribution < 1.29 is 0 Å². The van der Waals surface area contributed by atoms with Crippen molar-refractivity contribution in [2.24, 2.45) is 5.73 Å². The molecule has 0 atom stereocenters. The van der Waals surface area contributed by atoms with Crippen LogP contribution in [0.25, 0.3) is 0 Å². The average Bonchev–Trinajstić information content (AvgIpc) is 2.10. The number of likely N-dealkylation sites (N-methyl/N-ethyl adjacent to an activating group) is 1. The lowest BCUT2D eigenvalue weighted by atomic mass is 10.3. The summed E-state index contributed by atoms with van der Waals surface area (Å²) in [5.74, 6) is 0. The van der Waals surface area contributed by atoms with Crippen LogP contribution in [0.15, 0.2) is 23.9 Å². The summed E-state index contributed by atoms with van der Waals surface area (Å²) in [4.78, 5) is 2.22. The van der Waals surface area contributed by atoms with E-state index in [9.17, 15) is 0 Å². The molecule has 0 aromatic carbocycles. The fourth-order valence-electron chi connectivity index (χ4n) is 1.07. The Morgan fingerprint density at radius 3 is 2.50 bits per heavy atom. The van der Waals surface area contributed by atoms with Gasteiger partial charge in [0.15, 0.2) is 0 Å². The molecule has 0 aliphatic heterocycles. The van der Waals surface area contributed by atoms with Crippen molar-refractivity contribution in [2.45, 2.75) is 20.3 Å². The standard InChI is InChI=1S/C10H20N2/c1-4-7-10(5-2)12(3)9-6-8-11/h4-5,7H,6,8-9,11H2,1-3H3/b7-4-,10-5+. The molecule has 0 saturated carbocycles. The fourth-order valence-corrected chi connectivity index (χ4v) is 1.07. The second kappa shape index (κ2) is 6.92. The van der Waals surface area contributed by atoms with E-state index in [4.69, 9.17) is 5.73 Å².